The molecule has 2 aromatic rings. The monoisotopic (exact) mass is 370 g/mol. The van der Waals surface area contributed by atoms with Crippen LogP contribution in [-0.4, -0.2) is 52.3 Å². The van der Waals surface area contributed by atoms with E-state index in [1.807, 2.05) is 30.3 Å². The molecule has 1 saturated heterocycles. The minimum atomic E-state index is -1.06. The van der Waals surface area contributed by atoms with E-state index in [1.54, 1.807) is 0 Å². The fraction of sp³-hybridized carbons (Fsp3) is 0.250. The van der Waals surface area contributed by atoms with Crippen molar-refractivity contribution in [2.45, 2.75) is 19.0 Å². The SMILES string of the molecule is O=Cc1ccc(F)c(C(=O)N2CC[C@H](N(Cc3ccccc3)C(=O)O)C2)c1. The van der Waals surface area contributed by atoms with Gasteiger partial charge in [-0.1, -0.05) is 30.3 Å². The van der Waals surface area contributed by atoms with E-state index in [9.17, 15) is 23.9 Å². The number of likely N-dealkylation sites (tertiary alicyclic amines) is 1. The molecular formula is C20H19FN2O4. The van der Waals surface area contributed by atoms with Crippen LogP contribution in [0.5, 0.6) is 0 Å². The Bertz CT molecular complexity index is 856. The van der Waals surface area contributed by atoms with Gasteiger partial charge in [0.1, 0.15) is 12.1 Å². The molecule has 0 radical (unpaired) electrons. The number of amides is 2. The van der Waals surface area contributed by atoms with Gasteiger partial charge in [-0.3, -0.25) is 14.5 Å². The van der Waals surface area contributed by atoms with Crippen LogP contribution in [0.3, 0.4) is 0 Å². The summed E-state index contributed by atoms with van der Waals surface area (Å²) in [5.41, 5.74) is 0.895. The molecule has 0 saturated carbocycles. The number of benzene rings is 2. The number of hydrogen-bond acceptors (Lipinski definition) is 3. The van der Waals surface area contributed by atoms with Gasteiger partial charge < -0.3 is 10.0 Å². The summed E-state index contributed by atoms with van der Waals surface area (Å²) in [4.78, 5) is 38.0. The summed E-state index contributed by atoms with van der Waals surface area (Å²) in [6.45, 7) is 0.730. The molecule has 2 amide bonds. The first kappa shape index (κ1) is 18.6. The van der Waals surface area contributed by atoms with E-state index in [0.717, 1.165) is 11.6 Å². The number of nitrogens with zero attached hydrogens (tertiary/aromatic N) is 2. The number of rotatable bonds is 5. The topological polar surface area (TPSA) is 77.9 Å². The summed E-state index contributed by atoms with van der Waals surface area (Å²) in [6.07, 6.45) is -0.0400. The van der Waals surface area contributed by atoms with Crippen molar-refractivity contribution in [3.8, 4) is 0 Å². The van der Waals surface area contributed by atoms with Crippen molar-refractivity contribution in [3.05, 3.63) is 71.0 Å². The van der Waals surface area contributed by atoms with Gasteiger partial charge in [0, 0.05) is 25.2 Å². The Morgan fingerprint density at radius 1 is 1.22 bits per heavy atom. The molecule has 0 aliphatic carbocycles. The third kappa shape index (κ3) is 4.13. The largest absolute Gasteiger partial charge is 0.465 e. The van der Waals surface area contributed by atoms with Gasteiger partial charge in [0.2, 0.25) is 0 Å². The molecule has 3 rings (SSSR count). The molecule has 1 fully saturated rings. The maximum absolute atomic E-state index is 14.0. The van der Waals surface area contributed by atoms with Crippen LogP contribution in [0.2, 0.25) is 0 Å². The number of hydrogen-bond donors (Lipinski definition) is 1. The lowest BCUT2D eigenvalue weighted by atomic mass is 10.1. The fourth-order valence-corrected chi connectivity index (χ4v) is 3.26. The minimum Gasteiger partial charge on any atom is -0.465 e. The van der Waals surface area contributed by atoms with E-state index in [4.69, 9.17) is 0 Å². The van der Waals surface area contributed by atoms with Gasteiger partial charge in [-0.15, -0.1) is 0 Å². The number of halogens is 1. The van der Waals surface area contributed by atoms with Gasteiger partial charge in [0.25, 0.3) is 5.91 Å². The predicted octanol–water partition coefficient (Wildman–Crippen LogP) is 3.03. The first-order valence-electron chi connectivity index (χ1n) is 8.57. The molecule has 6 nitrogen and oxygen atoms in total. The Kier molecular flexibility index (Phi) is 5.49. The molecule has 27 heavy (non-hydrogen) atoms. The molecule has 1 aliphatic heterocycles. The fourth-order valence-electron chi connectivity index (χ4n) is 3.26. The summed E-state index contributed by atoms with van der Waals surface area (Å²) in [7, 11) is 0. The Balaban J connectivity index is 1.74. The lowest BCUT2D eigenvalue weighted by Gasteiger charge is -2.26. The van der Waals surface area contributed by atoms with Crippen molar-refractivity contribution in [3.63, 3.8) is 0 Å². The highest BCUT2D eigenvalue weighted by molar-refractivity contribution is 5.96. The second kappa shape index (κ2) is 7.99. The predicted molar refractivity (Wildman–Crippen MR) is 96.1 cm³/mol. The van der Waals surface area contributed by atoms with E-state index < -0.39 is 17.8 Å². The second-order valence-corrected chi connectivity index (χ2v) is 6.45. The number of aldehydes is 1. The smallest absolute Gasteiger partial charge is 0.407 e. The third-order valence-electron chi connectivity index (χ3n) is 4.69. The molecule has 0 aromatic heterocycles. The maximum Gasteiger partial charge on any atom is 0.407 e. The normalized spacial score (nSPS) is 16.2. The summed E-state index contributed by atoms with van der Waals surface area (Å²) < 4.78 is 14.0. The second-order valence-electron chi connectivity index (χ2n) is 6.45. The zero-order valence-electron chi connectivity index (χ0n) is 14.5. The maximum atomic E-state index is 14.0. The summed E-state index contributed by atoms with van der Waals surface area (Å²) in [5.74, 6) is -1.24. The van der Waals surface area contributed by atoms with Crippen LogP contribution in [-0.2, 0) is 6.54 Å². The Labute approximate surface area is 155 Å². The van der Waals surface area contributed by atoms with Gasteiger partial charge in [0.05, 0.1) is 11.6 Å². The van der Waals surface area contributed by atoms with Crippen LogP contribution < -0.4 is 0 Å². The zero-order valence-corrected chi connectivity index (χ0v) is 14.5. The van der Waals surface area contributed by atoms with Gasteiger partial charge >= 0.3 is 6.09 Å². The Morgan fingerprint density at radius 2 is 1.96 bits per heavy atom. The van der Waals surface area contributed by atoms with Gasteiger partial charge in [-0.25, -0.2) is 9.18 Å². The van der Waals surface area contributed by atoms with Crippen LogP contribution in [0.25, 0.3) is 0 Å². The molecule has 1 atom stereocenters. The van der Waals surface area contributed by atoms with Crippen molar-refractivity contribution in [2.24, 2.45) is 0 Å². The van der Waals surface area contributed by atoms with E-state index >= 15 is 0 Å². The highest BCUT2D eigenvalue weighted by Gasteiger charge is 2.34. The molecule has 0 bridgehead atoms. The van der Waals surface area contributed by atoms with Crippen molar-refractivity contribution in [1.29, 1.82) is 0 Å². The van der Waals surface area contributed by atoms with E-state index in [0.29, 0.717) is 19.3 Å². The van der Waals surface area contributed by atoms with Gasteiger partial charge in [0.15, 0.2) is 0 Å². The summed E-state index contributed by atoms with van der Waals surface area (Å²) in [5, 5.41) is 9.57. The van der Waals surface area contributed by atoms with Crippen LogP contribution in [0.15, 0.2) is 48.5 Å². The molecule has 7 heteroatoms. The van der Waals surface area contributed by atoms with Crippen molar-refractivity contribution in [2.75, 3.05) is 13.1 Å². The molecule has 0 unspecified atom stereocenters. The molecule has 140 valence electrons. The molecule has 1 aliphatic rings. The highest BCUT2D eigenvalue weighted by atomic mass is 19.1. The van der Waals surface area contributed by atoms with Crippen molar-refractivity contribution >= 4 is 18.3 Å². The molecule has 1 N–H and O–H groups in total. The van der Waals surface area contributed by atoms with Crippen molar-refractivity contribution in [1.82, 2.24) is 9.80 Å². The number of carbonyl (C=O) groups excluding carboxylic acids is 2. The Hall–Kier alpha value is -3.22. The number of carbonyl (C=O) groups is 3. The summed E-state index contributed by atoms with van der Waals surface area (Å²) >= 11 is 0. The molecular weight excluding hydrogens is 351 g/mol. The standard InChI is InChI=1S/C20H19FN2O4/c21-18-7-6-15(13-24)10-17(18)19(25)22-9-8-16(12-22)23(20(26)27)11-14-4-2-1-3-5-14/h1-7,10,13,16H,8-9,11-12H2,(H,26,27)/t16-/m0/s1. The van der Waals surface area contributed by atoms with Crippen LogP contribution in [0, 0.1) is 5.82 Å². The average Bonchev–Trinajstić information content (AvgIpc) is 3.16. The first-order chi connectivity index (χ1) is 13.0. The van der Waals surface area contributed by atoms with Crippen LogP contribution >= 0.6 is 0 Å². The Morgan fingerprint density at radius 3 is 2.63 bits per heavy atom. The quantitative estimate of drug-likeness (QED) is 0.821. The lowest BCUT2D eigenvalue weighted by Crippen LogP contribution is -2.41. The minimum absolute atomic E-state index is 0.176. The number of carboxylic acid groups (broad SMARTS) is 1. The van der Waals surface area contributed by atoms with Crippen molar-refractivity contribution < 1.29 is 23.9 Å². The van der Waals surface area contributed by atoms with Gasteiger partial charge in [-0.2, -0.15) is 0 Å². The first-order valence-corrected chi connectivity index (χ1v) is 8.57. The third-order valence-corrected chi connectivity index (χ3v) is 4.69. The molecule has 0 spiro atoms. The average molecular weight is 370 g/mol. The highest BCUT2D eigenvalue weighted by Crippen LogP contribution is 2.22. The molecule has 2 aromatic carbocycles. The lowest BCUT2D eigenvalue weighted by molar-refractivity contribution is 0.0763. The van der Waals surface area contributed by atoms with Gasteiger partial charge in [-0.05, 0) is 30.2 Å². The van der Waals surface area contributed by atoms with E-state index in [2.05, 4.69) is 0 Å². The van der Waals surface area contributed by atoms with E-state index in [-0.39, 0.29) is 30.3 Å². The zero-order chi connectivity index (χ0) is 19.4. The molecule has 1 heterocycles. The van der Waals surface area contributed by atoms with Crippen LogP contribution in [0.1, 0.15) is 32.7 Å². The summed E-state index contributed by atoms with van der Waals surface area (Å²) in [6, 6.07) is 12.4. The van der Waals surface area contributed by atoms with Crippen LogP contribution in [0.4, 0.5) is 9.18 Å². The van der Waals surface area contributed by atoms with E-state index in [1.165, 1.54) is 21.9 Å².